The fourth-order valence-corrected chi connectivity index (χ4v) is 2.60. The van der Waals surface area contributed by atoms with Crippen molar-refractivity contribution in [3.63, 3.8) is 0 Å². The van der Waals surface area contributed by atoms with Crippen LogP contribution in [-0.2, 0) is 0 Å². The van der Waals surface area contributed by atoms with Crippen molar-refractivity contribution in [2.24, 2.45) is 0 Å². The summed E-state index contributed by atoms with van der Waals surface area (Å²) in [5.74, 6) is 3.94. The lowest BCUT2D eigenvalue weighted by Crippen LogP contribution is -2.13. The molecule has 0 aliphatic heterocycles. The molecule has 1 aromatic carbocycles. The smallest absolute Gasteiger partial charge is 0.203 e. The minimum atomic E-state index is 0.526. The van der Waals surface area contributed by atoms with Gasteiger partial charge < -0.3 is 14.8 Å². The molecule has 0 bridgehead atoms. The third-order valence-corrected chi connectivity index (χ3v) is 4.02. The predicted octanol–water partition coefficient (Wildman–Crippen LogP) is 2.50. The van der Waals surface area contributed by atoms with Crippen molar-refractivity contribution in [1.82, 2.24) is 19.6 Å². The molecule has 0 unspecified atom stereocenters. The van der Waals surface area contributed by atoms with Crippen LogP contribution in [0.15, 0.2) is 36.7 Å². The summed E-state index contributed by atoms with van der Waals surface area (Å²) >= 11 is 0. The van der Waals surface area contributed by atoms with E-state index in [2.05, 4.69) is 20.5 Å². The van der Waals surface area contributed by atoms with E-state index >= 15 is 0 Å². The van der Waals surface area contributed by atoms with Gasteiger partial charge in [0.15, 0.2) is 5.82 Å². The summed E-state index contributed by atoms with van der Waals surface area (Å²) in [6.45, 7) is 1.16. The number of methoxy groups -OCH3 is 1. The summed E-state index contributed by atoms with van der Waals surface area (Å²) in [5, 5.41) is 11.8. The summed E-state index contributed by atoms with van der Waals surface area (Å²) in [5.41, 5.74) is 0.767. The number of ether oxygens (including phenoxy) is 2. The predicted molar refractivity (Wildman–Crippen MR) is 89.7 cm³/mol. The van der Waals surface area contributed by atoms with Gasteiger partial charge >= 0.3 is 0 Å². The zero-order valence-corrected chi connectivity index (χ0v) is 13.5. The Morgan fingerprint density at radius 1 is 1.17 bits per heavy atom. The minimum Gasteiger partial charge on any atom is -0.497 e. The second-order valence-electron chi connectivity index (χ2n) is 5.75. The van der Waals surface area contributed by atoms with E-state index in [1.807, 2.05) is 34.9 Å². The summed E-state index contributed by atoms with van der Waals surface area (Å²) in [6, 6.07) is 7.53. The first kappa shape index (κ1) is 14.7. The van der Waals surface area contributed by atoms with E-state index in [1.54, 1.807) is 13.3 Å². The van der Waals surface area contributed by atoms with E-state index in [-0.39, 0.29) is 0 Å². The van der Waals surface area contributed by atoms with Gasteiger partial charge in [-0.25, -0.2) is 4.98 Å². The maximum absolute atomic E-state index is 5.70. The van der Waals surface area contributed by atoms with Gasteiger partial charge in [0.2, 0.25) is 5.65 Å². The molecule has 0 saturated heterocycles. The molecule has 1 fully saturated rings. The maximum Gasteiger partial charge on any atom is 0.203 e. The number of hydrogen-bond acceptors (Lipinski definition) is 6. The average molecular weight is 325 g/mol. The third kappa shape index (κ3) is 2.97. The Labute approximate surface area is 139 Å². The average Bonchev–Trinajstić information content (AvgIpc) is 3.38. The number of nitrogens with one attached hydrogen (secondary N) is 1. The normalized spacial score (nSPS) is 13.9. The molecule has 1 N–H and O–H groups in total. The summed E-state index contributed by atoms with van der Waals surface area (Å²) in [7, 11) is 1.65. The molecule has 3 aromatic rings. The SMILES string of the molecule is COc1ccc(OCCNc2nccn3c(C4CC4)nnc23)cc1. The number of hydrogen-bond donors (Lipinski definition) is 1. The van der Waals surface area contributed by atoms with Crippen LogP contribution < -0.4 is 14.8 Å². The largest absolute Gasteiger partial charge is 0.497 e. The number of rotatable bonds is 7. The molecule has 1 saturated carbocycles. The number of aromatic nitrogens is 4. The van der Waals surface area contributed by atoms with E-state index in [0.717, 1.165) is 28.8 Å². The molecular weight excluding hydrogens is 306 g/mol. The Balaban J connectivity index is 1.36. The van der Waals surface area contributed by atoms with Crippen LogP contribution in [0.2, 0.25) is 0 Å². The van der Waals surface area contributed by atoms with Gasteiger partial charge in [0.1, 0.15) is 23.9 Å². The third-order valence-electron chi connectivity index (χ3n) is 4.02. The van der Waals surface area contributed by atoms with Gasteiger partial charge in [0.25, 0.3) is 0 Å². The minimum absolute atomic E-state index is 0.526. The molecule has 2 heterocycles. The van der Waals surface area contributed by atoms with E-state index in [9.17, 15) is 0 Å². The van der Waals surface area contributed by atoms with Gasteiger partial charge in [-0.15, -0.1) is 10.2 Å². The van der Waals surface area contributed by atoms with Gasteiger partial charge in [-0.3, -0.25) is 4.40 Å². The highest BCUT2D eigenvalue weighted by atomic mass is 16.5. The van der Waals surface area contributed by atoms with Crippen molar-refractivity contribution in [1.29, 1.82) is 0 Å². The van der Waals surface area contributed by atoms with Crippen LogP contribution in [0.1, 0.15) is 24.6 Å². The number of anilines is 1. The van der Waals surface area contributed by atoms with E-state index in [4.69, 9.17) is 9.47 Å². The van der Waals surface area contributed by atoms with Crippen LogP contribution in [0, 0.1) is 0 Å². The zero-order chi connectivity index (χ0) is 16.4. The first-order valence-corrected chi connectivity index (χ1v) is 8.05. The lowest BCUT2D eigenvalue weighted by molar-refractivity contribution is 0.331. The van der Waals surface area contributed by atoms with E-state index < -0.39 is 0 Å². The highest BCUT2D eigenvalue weighted by Crippen LogP contribution is 2.39. The van der Waals surface area contributed by atoms with Crippen molar-refractivity contribution in [2.75, 3.05) is 25.6 Å². The van der Waals surface area contributed by atoms with Crippen molar-refractivity contribution < 1.29 is 9.47 Å². The highest BCUT2D eigenvalue weighted by molar-refractivity contribution is 5.62. The second-order valence-corrected chi connectivity index (χ2v) is 5.75. The van der Waals surface area contributed by atoms with Gasteiger partial charge in [0.05, 0.1) is 13.7 Å². The van der Waals surface area contributed by atoms with E-state index in [0.29, 0.717) is 19.1 Å². The highest BCUT2D eigenvalue weighted by Gasteiger charge is 2.29. The maximum atomic E-state index is 5.70. The molecule has 1 aliphatic carbocycles. The van der Waals surface area contributed by atoms with Crippen molar-refractivity contribution >= 4 is 11.5 Å². The molecule has 2 aromatic heterocycles. The van der Waals surface area contributed by atoms with Crippen LogP contribution in [0.5, 0.6) is 11.5 Å². The van der Waals surface area contributed by atoms with E-state index in [1.165, 1.54) is 12.8 Å². The Bertz CT molecular complexity index is 827. The summed E-state index contributed by atoms with van der Waals surface area (Å²) < 4.78 is 12.9. The van der Waals surface area contributed by atoms with Crippen molar-refractivity contribution in [3.8, 4) is 11.5 Å². The summed E-state index contributed by atoms with van der Waals surface area (Å²) in [6.07, 6.45) is 6.08. The molecule has 0 amide bonds. The van der Waals surface area contributed by atoms with Crippen LogP contribution in [0.3, 0.4) is 0 Å². The second kappa shape index (κ2) is 6.35. The van der Waals surface area contributed by atoms with Crippen LogP contribution in [0.4, 0.5) is 5.82 Å². The fraction of sp³-hybridized carbons (Fsp3) is 0.353. The Morgan fingerprint density at radius 3 is 2.71 bits per heavy atom. The quantitative estimate of drug-likeness (QED) is 0.673. The van der Waals surface area contributed by atoms with Crippen LogP contribution in [0.25, 0.3) is 5.65 Å². The van der Waals surface area contributed by atoms with Crippen molar-refractivity contribution in [3.05, 3.63) is 42.5 Å². The van der Waals surface area contributed by atoms with Gasteiger partial charge in [-0.05, 0) is 37.1 Å². The number of nitrogens with zero attached hydrogens (tertiary/aromatic N) is 4. The Hall–Kier alpha value is -2.83. The van der Waals surface area contributed by atoms with Crippen LogP contribution in [-0.4, -0.2) is 39.8 Å². The molecule has 124 valence electrons. The molecule has 1 aliphatic rings. The molecule has 0 radical (unpaired) electrons. The Kier molecular flexibility index (Phi) is 3.90. The van der Waals surface area contributed by atoms with Crippen molar-refractivity contribution in [2.45, 2.75) is 18.8 Å². The topological polar surface area (TPSA) is 73.6 Å². The molecule has 4 rings (SSSR count). The molecule has 7 heteroatoms. The lowest BCUT2D eigenvalue weighted by Gasteiger charge is -2.09. The van der Waals surface area contributed by atoms with Gasteiger partial charge in [0, 0.05) is 18.3 Å². The fourth-order valence-electron chi connectivity index (χ4n) is 2.60. The van der Waals surface area contributed by atoms with Gasteiger partial charge in [-0.2, -0.15) is 0 Å². The van der Waals surface area contributed by atoms with Crippen LogP contribution >= 0.6 is 0 Å². The molecule has 0 atom stereocenters. The standard InChI is InChI=1S/C17H19N5O2/c1-23-13-4-6-14(7-5-13)24-11-9-19-15-17-21-20-16(12-2-3-12)22(17)10-8-18-15/h4-8,10,12H,2-3,9,11H2,1H3,(H,18,19). The molecule has 24 heavy (non-hydrogen) atoms. The first-order chi connectivity index (χ1) is 11.8. The number of fused-ring (bicyclic) bond motifs is 1. The molecule has 0 spiro atoms. The Morgan fingerprint density at radius 2 is 1.96 bits per heavy atom. The summed E-state index contributed by atoms with van der Waals surface area (Å²) in [4.78, 5) is 4.36. The monoisotopic (exact) mass is 325 g/mol. The molecular formula is C17H19N5O2. The molecule has 7 nitrogen and oxygen atoms in total. The van der Waals surface area contributed by atoms with Gasteiger partial charge in [-0.1, -0.05) is 0 Å². The number of benzene rings is 1. The lowest BCUT2D eigenvalue weighted by atomic mass is 10.3. The first-order valence-electron chi connectivity index (χ1n) is 8.05. The zero-order valence-electron chi connectivity index (χ0n) is 13.5.